The second-order valence-corrected chi connectivity index (χ2v) is 6.57. The summed E-state index contributed by atoms with van der Waals surface area (Å²) in [6.45, 7) is 2.27. The van der Waals surface area contributed by atoms with Crippen LogP contribution in [0.4, 0.5) is 0 Å². The zero-order valence-corrected chi connectivity index (χ0v) is 13.0. The standard InChI is InChI=1S/C16H19ClN2O3/c17-13-4-2-1-3-11(13)10-19-7-5-16(6-8-19)12(15(21)22)9-14(20)18-16/h1-4,12H,5-10H2,(H,18,20)(H,21,22)/t12-/m1/s1. The van der Waals surface area contributed by atoms with Gasteiger partial charge in [0.25, 0.3) is 0 Å². The molecular weight excluding hydrogens is 304 g/mol. The van der Waals surface area contributed by atoms with Crippen molar-refractivity contribution in [3.63, 3.8) is 0 Å². The lowest BCUT2D eigenvalue weighted by atomic mass is 9.77. The van der Waals surface area contributed by atoms with E-state index in [2.05, 4.69) is 10.2 Å². The number of carboxylic acid groups (broad SMARTS) is 1. The Kier molecular flexibility index (Phi) is 4.10. The molecule has 0 saturated carbocycles. The second kappa shape index (κ2) is 5.89. The fourth-order valence-electron chi connectivity index (χ4n) is 3.57. The van der Waals surface area contributed by atoms with Gasteiger partial charge < -0.3 is 10.4 Å². The molecule has 118 valence electrons. The number of hydrogen-bond acceptors (Lipinski definition) is 3. The van der Waals surface area contributed by atoms with Crippen molar-refractivity contribution < 1.29 is 14.7 Å². The zero-order chi connectivity index (χ0) is 15.7. The van der Waals surface area contributed by atoms with Crippen LogP contribution in [-0.2, 0) is 16.1 Å². The van der Waals surface area contributed by atoms with Crippen molar-refractivity contribution in [2.24, 2.45) is 5.92 Å². The summed E-state index contributed by atoms with van der Waals surface area (Å²) in [5, 5.41) is 13.0. The average molecular weight is 323 g/mol. The normalized spacial score (nSPS) is 24.4. The third kappa shape index (κ3) is 2.83. The number of nitrogens with zero attached hydrogens (tertiary/aromatic N) is 1. The van der Waals surface area contributed by atoms with Crippen molar-refractivity contribution >= 4 is 23.5 Å². The van der Waals surface area contributed by atoms with E-state index in [9.17, 15) is 14.7 Å². The second-order valence-electron chi connectivity index (χ2n) is 6.17. The van der Waals surface area contributed by atoms with Gasteiger partial charge in [0, 0.05) is 31.1 Å². The number of hydrogen-bond donors (Lipinski definition) is 2. The van der Waals surface area contributed by atoms with Crippen molar-refractivity contribution in [3.8, 4) is 0 Å². The highest BCUT2D eigenvalue weighted by atomic mass is 35.5. The van der Waals surface area contributed by atoms with Crippen molar-refractivity contribution in [3.05, 3.63) is 34.9 Å². The Bertz CT molecular complexity index is 597. The molecule has 2 heterocycles. The third-order valence-electron chi connectivity index (χ3n) is 4.84. The number of carboxylic acids is 1. The molecule has 3 rings (SSSR count). The number of halogens is 1. The van der Waals surface area contributed by atoms with Gasteiger partial charge in [-0.05, 0) is 24.5 Å². The number of piperidine rings is 1. The average Bonchev–Trinajstić information content (AvgIpc) is 2.81. The zero-order valence-electron chi connectivity index (χ0n) is 12.2. The molecule has 0 unspecified atom stereocenters. The van der Waals surface area contributed by atoms with Crippen LogP contribution in [0.1, 0.15) is 24.8 Å². The van der Waals surface area contributed by atoms with Gasteiger partial charge in [0.05, 0.1) is 11.5 Å². The summed E-state index contributed by atoms with van der Waals surface area (Å²) in [7, 11) is 0. The van der Waals surface area contributed by atoms with E-state index >= 15 is 0 Å². The summed E-state index contributed by atoms with van der Waals surface area (Å²) in [5.74, 6) is -1.63. The van der Waals surface area contributed by atoms with E-state index in [-0.39, 0.29) is 12.3 Å². The molecule has 0 aliphatic carbocycles. The van der Waals surface area contributed by atoms with Gasteiger partial charge in [0.1, 0.15) is 0 Å². The lowest BCUT2D eigenvalue weighted by Gasteiger charge is -2.41. The van der Waals surface area contributed by atoms with E-state index in [1.54, 1.807) is 0 Å². The lowest BCUT2D eigenvalue weighted by molar-refractivity contribution is -0.144. The first-order valence-corrected chi connectivity index (χ1v) is 7.87. The molecule has 5 nitrogen and oxygen atoms in total. The van der Waals surface area contributed by atoms with Gasteiger partial charge >= 0.3 is 5.97 Å². The van der Waals surface area contributed by atoms with Gasteiger partial charge in [-0.25, -0.2) is 0 Å². The van der Waals surface area contributed by atoms with Gasteiger partial charge in [-0.2, -0.15) is 0 Å². The Morgan fingerprint density at radius 1 is 1.36 bits per heavy atom. The number of carbonyl (C=O) groups excluding carboxylic acids is 1. The van der Waals surface area contributed by atoms with Crippen LogP contribution >= 0.6 is 11.6 Å². The Hall–Kier alpha value is -1.59. The molecule has 2 saturated heterocycles. The van der Waals surface area contributed by atoms with Gasteiger partial charge in [0.2, 0.25) is 5.91 Å². The Labute approximate surface area is 134 Å². The number of nitrogens with one attached hydrogen (secondary N) is 1. The summed E-state index contributed by atoms with van der Waals surface area (Å²) in [6, 6.07) is 7.75. The van der Waals surface area contributed by atoms with Crippen molar-refractivity contribution in [2.75, 3.05) is 13.1 Å². The topological polar surface area (TPSA) is 69.6 Å². The van der Waals surface area contributed by atoms with Crippen molar-refractivity contribution in [2.45, 2.75) is 31.3 Å². The number of likely N-dealkylation sites (tertiary alicyclic amines) is 1. The number of rotatable bonds is 3. The van der Waals surface area contributed by atoms with Gasteiger partial charge in [-0.1, -0.05) is 29.8 Å². The Morgan fingerprint density at radius 3 is 2.68 bits per heavy atom. The van der Waals surface area contributed by atoms with E-state index in [4.69, 9.17) is 11.6 Å². The minimum atomic E-state index is -0.877. The molecule has 2 aliphatic rings. The van der Waals surface area contributed by atoms with E-state index in [0.717, 1.165) is 30.2 Å². The van der Waals surface area contributed by atoms with Crippen LogP contribution in [0.3, 0.4) is 0 Å². The molecule has 2 N–H and O–H groups in total. The fourth-order valence-corrected chi connectivity index (χ4v) is 3.77. The van der Waals surface area contributed by atoms with Crippen LogP contribution in [0.5, 0.6) is 0 Å². The molecule has 2 fully saturated rings. The number of benzene rings is 1. The highest BCUT2D eigenvalue weighted by Crippen LogP contribution is 2.37. The van der Waals surface area contributed by atoms with Crippen molar-refractivity contribution in [1.82, 2.24) is 10.2 Å². The predicted octanol–water partition coefficient (Wildman–Crippen LogP) is 1.90. The van der Waals surface area contributed by atoms with Crippen LogP contribution in [0.25, 0.3) is 0 Å². The molecule has 1 amide bonds. The first-order valence-electron chi connectivity index (χ1n) is 7.50. The minimum absolute atomic E-state index is 0.0971. The lowest BCUT2D eigenvalue weighted by Crippen LogP contribution is -2.55. The summed E-state index contributed by atoms with van der Waals surface area (Å²) in [6.07, 6.45) is 1.43. The molecule has 2 aliphatic heterocycles. The monoisotopic (exact) mass is 322 g/mol. The Balaban J connectivity index is 1.66. The summed E-state index contributed by atoms with van der Waals surface area (Å²) < 4.78 is 0. The van der Waals surface area contributed by atoms with Crippen LogP contribution in [0.15, 0.2) is 24.3 Å². The first-order chi connectivity index (χ1) is 10.5. The molecule has 1 aromatic rings. The van der Waals surface area contributed by atoms with E-state index in [1.807, 2.05) is 24.3 Å². The fraction of sp³-hybridized carbons (Fsp3) is 0.500. The molecule has 0 radical (unpaired) electrons. The molecule has 0 aromatic heterocycles. The van der Waals surface area contributed by atoms with Crippen LogP contribution in [0, 0.1) is 5.92 Å². The predicted molar refractivity (Wildman–Crippen MR) is 82.6 cm³/mol. The van der Waals surface area contributed by atoms with E-state index in [0.29, 0.717) is 12.8 Å². The van der Waals surface area contributed by atoms with Gasteiger partial charge in [-0.3, -0.25) is 14.5 Å². The SMILES string of the molecule is O=C1C[C@H](C(=O)O)C2(CCN(Cc3ccccc3Cl)CC2)N1. The quantitative estimate of drug-likeness (QED) is 0.891. The highest BCUT2D eigenvalue weighted by molar-refractivity contribution is 6.31. The highest BCUT2D eigenvalue weighted by Gasteiger charge is 2.51. The molecule has 1 spiro atoms. The van der Waals surface area contributed by atoms with Crippen LogP contribution < -0.4 is 5.32 Å². The van der Waals surface area contributed by atoms with Crippen LogP contribution in [-0.4, -0.2) is 40.5 Å². The van der Waals surface area contributed by atoms with E-state index in [1.165, 1.54) is 0 Å². The number of carbonyl (C=O) groups is 2. The van der Waals surface area contributed by atoms with Crippen LogP contribution in [0.2, 0.25) is 5.02 Å². The number of aliphatic carboxylic acids is 1. The molecule has 1 atom stereocenters. The molecule has 0 bridgehead atoms. The third-order valence-corrected chi connectivity index (χ3v) is 5.21. The summed E-state index contributed by atoms with van der Waals surface area (Å²) in [5.41, 5.74) is 0.505. The molecular formula is C16H19ClN2O3. The maximum atomic E-state index is 11.6. The molecule has 6 heteroatoms. The summed E-state index contributed by atoms with van der Waals surface area (Å²) in [4.78, 5) is 25.3. The largest absolute Gasteiger partial charge is 0.481 e. The van der Waals surface area contributed by atoms with Gasteiger partial charge in [-0.15, -0.1) is 0 Å². The Morgan fingerprint density at radius 2 is 2.05 bits per heavy atom. The minimum Gasteiger partial charge on any atom is -0.481 e. The van der Waals surface area contributed by atoms with Gasteiger partial charge in [0.15, 0.2) is 0 Å². The maximum absolute atomic E-state index is 11.6. The molecule has 22 heavy (non-hydrogen) atoms. The van der Waals surface area contributed by atoms with E-state index < -0.39 is 17.4 Å². The first kappa shape index (κ1) is 15.3. The van der Waals surface area contributed by atoms with Crippen molar-refractivity contribution in [1.29, 1.82) is 0 Å². The maximum Gasteiger partial charge on any atom is 0.309 e. The number of amides is 1. The molecule has 1 aromatic carbocycles. The smallest absolute Gasteiger partial charge is 0.309 e. The summed E-state index contributed by atoms with van der Waals surface area (Å²) >= 11 is 6.19.